The zero-order chi connectivity index (χ0) is 12.1. The third-order valence-corrected chi connectivity index (χ3v) is 4.99. The van der Waals surface area contributed by atoms with Crippen LogP contribution in [-0.4, -0.2) is 6.54 Å². The quantitative estimate of drug-likeness (QED) is 0.603. The van der Waals surface area contributed by atoms with Crippen LogP contribution in [0.4, 0.5) is 5.69 Å². The lowest BCUT2D eigenvalue weighted by Gasteiger charge is -2.17. The van der Waals surface area contributed by atoms with Gasteiger partial charge in [0.05, 0.1) is 0 Å². The second-order valence-electron chi connectivity index (χ2n) is 5.15. The molecule has 1 fully saturated rings. The van der Waals surface area contributed by atoms with Crippen molar-refractivity contribution in [3.63, 3.8) is 0 Å². The molecule has 1 aromatic rings. The van der Waals surface area contributed by atoms with Crippen LogP contribution in [0, 0.1) is 16.4 Å². The Bertz CT molecular complexity index is 354. The molecular formula is C15H22IN. The molecule has 0 bridgehead atoms. The molecule has 0 aliphatic heterocycles. The van der Waals surface area contributed by atoms with E-state index in [-0.39, 0.29) is 0 Å². The van der Waals surface area contributed by atoms with Gasteiger partial charge in [-0.25, -0.2) is 0 Å². The lowest BCUT2D eigenvalue weighted by Crippen LogP contribution is -2.14. The standard InChI is InChI=1S/C15H22IN/c1-12-14(16)9-6-10-15(12)17-11-13-7-4-2-3-5-8-13/h6,9-10,13,17H,2-5,7-8,11H2,1H3. The average molecular weight is 343 g/mol. The third kappa shape index (κ3) is 3.87. The van der Waals surface area contributed by atoms with Crippen molar-refractivity contribution in [1.29, 1.82) is 0 Å². The summed E-state index contributed by atoms with van der Waals surface area (Å²) in [6, 6.07) is 6.52. The highest BCUT2D eigenvalue weighted by atomic mass is 127. The Labute approximate surface area is 119 Å². The van der Waals surface area contributed by atoms with Crippen LogP contribution in [0.15, 0.2) is 18.2 Å². The third-order valence-electron chi connectivity index (χ3n) is 3.82. The molecule has 0 amide bonds. The highest BCUT2D eigenvalue weighted by Crippen LogP contribution is 2.25. The van der Waals surface area contributed by atoms with E-state index < -0.39 is 0 Å². The first kappa shape index (κ1) is 13.2. The zero-order valence-electron chi connectivity index (χ0n) is 10.6. The minimum atomic E-state index is 0.884. The predicted molar refractivity (Wildman–Crippen MR) is 83.6 cm³/mol. The van der Waals surface area contributed by atoms with Gasteiger partial charge in [-0.2, -0.15) is 0 Å². The first-order chi connectivity index (χ1) is 8.27. The molecule has 0 heterocycles. The molecule has 1 aliphatic rings. The molecule has 1 aliphatic carbocycles. The van der Waals surface area contributed by atoms with Crippen molar-refractivity contribution in [2.24, 2.45) is 5.92 Å². The number of hydrogen-bond donors (Lipinski definition) is 1. The summed E-state index contributed by atoms with van der Waals surface area (Å²) in [5, 5.41) is 3.65. The number of benzene rings is 1. The Hall–Kier alpha value is -0.250. The van der Waals surface area contributed by atoms with Gasteiger partial charge >= 0.3 is 0 Å². The van der Waals surface area contributed by atoms with Gasteiger partial charge in [-0.05, 0) is 66.0 Å². The van der Waals surface area contributed by atoms with E-state index in [9.17, 15) is 0 Å². The molecular weight excluding hydrogens is 321 g/mol. The summed E-state index contributed by atoms with van der Waals surface area (Å²) in [6.07, 6.45) is 8.57. The molecule has 1 nitrogen and oxygen atoms in total. The monoisotopic (exact) mass is 343 g/mol. The maximum atomic E-state index is 3.65. The van der Waals surface area contributed by atoms with E-state index in [0.717, 1.165) is 12.5 Å². The molecule has 1 N–H and O–H groups in total. The molecule has 0 spiro atoms. The highest BCUT2D eigenvalue weighted by molar-refractivity contribution is 14.1. The van der Waals surface area contributed by atoms with Gasteiger partial charge in [0.2, 0.25) is 0 Å². The van der Waals surface area contributed by atoms with Crippen molar-refractivity contribution in [2.75, 3.05) is 11.9 Å². The molecule has 0 atom stereocenters. The Morgan fingerprint density at radius 2 is 1.88 bits per heavy atom. The number of anilines is 1. The highest BCUT2D eigenvalue weighted by Gasteiger charge is 2.12. The van der Waals surface area contributed by atoms with E-state index in [1.807, 2.05) is 0 Å². The summed E-state index contributed by atoms with van der Waals surface area (Å²) in [6.45, 7) is 3.36. The molecule has 0 unspecified atom stereocenters. The van der Waals surface area contributed by atoms with Crippen LogP contribution in [0.25, 0.3) is 0 Å². The minimum Gasteiger partial charge on any atom is -0.385 e. The van der Waals surface area contributed by atoms with Crippen molar-refractivity contribution >= 4 is 28.3 Å². The van der Waals surface area contributed by atoms with E-state index in [2.05, 4.69) is 53.0 Å². The molecule has 94 valence electrons. The van der Waals surface area contributed by atoms with Gasteiger partial charge in [0.25, 0.3) is 0 Å². The predicted octanol–water partition coefficient (Wildman–Crippen LogP) is 4.98. The molecule has 0 aromatic heterocycles. The van der Waals surface area contributed by atoms with Gasteiger partial charge in [0.1, 0.15) is 0 Å². The largest absolute Gasteiger partial charge is 0.385 e. The van der Waals surface area contributed by atoms with Crippen molar-refractivity contribution in [1.82, 2.24) is 0 Å². The normalized spacial score (nSPS) is 17.8. The molecule has 2 heteroatoms. The van der Waals surface area contributed by atoms with Crippen molar-refractivity contribution in [3.05, 3.63) is 27.3 Å². The minimum absolute atomic E-state index is 0.884. The SMILES string of the molecule is Cc1c(I)cccc1NCC1CCCCCC1. The zero-order valence-corrected chi connectivity index (χ0v) is 12.8. The second-order valence-corrected chi connectivity index (χ2v) is 6.31. The van der Waals surface area contributed by atoms with Gasteiger partial charge < -0.3 is 5.32 Å². The Morgan fingerprint density at radius 1 is 1.18 bits per heavy atom. The van der Waals surface area contributed by atoms with E-state index in [0.29, 0.717) is 0 Å². The van der Waals surface area contributed by atoms with Gasteiger partial charge in [0.15, 0.2) is 0 Å². The van der Waals surface area contributed by atoms with Crippen LogP contribution in [0.1, 0.15) is 44.1 Å². The van der Waals surface area contributed by atoms with Crippen molar-refractivity contribution in [2.45, 2.75) is 45.4 Å². The van der Waals surface area contributed by atoms with Gasteiger partial charge in [-0.1, -0.05) is 31.7 Å². The summed E-state index contributed by atoms with van der Waals surface area (Å²) in [4.78, 5) is 0. The lowest BCUT2D eigenvalue weighted by atomic mass is 10.0. The van der Waals surface area contributed by atoms with Crippen LogP contribution in [0.3, 0.4) is 0 Å². The molecule has 17 heavy (non-hydrogen) atoms. The molecule has 1 saturated carbocycles. The fourth-order valence-corrected chi connectivity index (χ4v) is 3.12. The fourth-order valence-electron chi connectivity index (χ4n) is 2.62. The van der Waals surface area contributed by atoms with Crippen molar-refractivity contribution < 1.29 is 0 Å². The Balaban J connectivity index is 1.90. The number of nitrogens with one attached hydrogen (secondary N) is 1. The van der Waals surface area contributed by atoms with E-state index in [1.54, 1.807) is 0 Å². The first-order valence-corrected chi connectivity index (χ1v) is 7.84. The summed E-state index contributed by atoms with van der Waals surface area (Å²) in [5.41, 5.74) is 2.71. The Morgan fingerprint density at radius 3 is 2.59 bits per heavy atom. The van der Waals surface area contributed by atoms with Crippen LogP contribution in [0.2, 0.25) is 0 Å². The average Bonchev–Trinajstić information content (AvgIpc) is 2.59. The van der Waals surface area contributed by atoms with Gasteiger partial charge in [-0.3, -0.25) is 0 Å². The fraction of sp³-hybridized carbons (Fsp3) is 0.600. The summed E-state index contributed by atoms with van der Waals surface area (Å²) in [7, 11) is 0. The number of rotatable bonds is 3. The van der Waals surface area contributed by atoms with Crippen LogP contribution < -0.4 is 5.32 Å². The summed E-state index contributed by atoms with van der Waals surface area (Å²) in [5.74, 6) is 0.884. The number of hydrogen-bond acceptors (Lipinski definition) is 1. The smallest absolute Gasteiger partial charge is 0.0380 e. The Kier molecular flexibility index (Phi) is 5.14. The van der Waals surface area contributed by atoms with Crippen LogP contribution >= 0.6 is 22.6 Å². The van der Waals surface area contributed by atoms with Crippen LogP contribution in [-0.2, 0) is 0 Å². The summed E-state index contributed by atoms with van der Waals surface area (Å²) >= 11 is 2.41. The molecule has 2 rings (SSSR count). The van der Waals surface area contributed by atoms with Crippen LogP contribution in [0.5, 0.6) is 0 Å². The molecule has 1 aromatic carbocycles. The van der Waals surface area contributed by atoms with E-state index in [4.69, 9.17) is 0 Å². The molecule has 0 saturated heterocycles. The first-order valence-electron chi connectivity index (χ1n) is 6.76. The lowest BCUT2D eigenvalue weighted by molar-refractivity contribution is 0.483. The molecule has 0 radical (unpaired) electrons. The summed E-state index contributed by atoms with van der Waals surface area (Å²) < 4.78 is 1.36. The second kappa shape index (κ2) is 6.62. The topological polar surface area (TPSA) is 12.0 Å². The maximum Gasteiger partial charge on any atom is 0.0380 e. The van der Waals surface area contributed by atoms with E-state index >= 15 is 0 Å². The van der Waals surface area contributed by atoms with E-state index in [1.165, 1.54) is 53.3 Å². The van der Waals surface area contributed by atoms with Crippen molar-refractivity contribution in [3.8, 4) is 0 Å². The number of halogens is 1. The maximum absolute atomic E-state index is 3.65. The van der Waals surface area contributed by atoms with Gasteiger partial charge in [-0.15, -0.1) is 0 Å². The van der Waals surface area contributed by atoms with Gasteiger partial charge in [0, 0.05) is 15.8 Å².